The van der Waals surface area contributed by atoms with Gasteiger partial charge in [-0.05, 0) is 5.56 Å². The zero-order valence-electron chi connectivity index (χ0n) is 9.58. The van der Waals surface area contributed by atoms with Gasteiger partial charge in [0.1, 0.15) is 6.26 Å². The third-order valence-electron chi connectivity index (χ3n) is 2.44. The normalized spacial score (nSPS) is 12.1. The van der Waals surface area contributed by atoms with Crippen LogP contribution in [0.4, 0.5) is 0 Å². The molecule has 2 aromatic rings. The van der Waals surface area contributed by atoms with Crippen molar-refractivity contribution in [1.82, 2.24) is 10.4 Å². The summed E-state index contributed by atoms with van der Waals surface area (Å²) >= 11 is 1.38. The lowest BCUT2D eigenvalue weighted by molar-refractivity contribution is -0.122. The van der Waals surface area contributed by atoms with E-state index in [2.05, 4.69) is 10.4 Å². The van der Waals surface area contributed by atoms with Crippen LogP contribution in [0.25, 0.3) is 0 Å². The molecule has 94 valence electrons. The summed E-state index contributed by atoms with van der Waals surface area (Å²) in [6.45, 7) is 0. The molecule has 0 aliphatic heterocycles. The molecule has 0 saturated carbocycles. The van der Waals surface area contributed by atoms with Crippen LogP contribution in [0.1, 0.15) is 11.5 Å². The Balaban J connectivity index is 2.09. The van der Waals surface area contributed by atoms with E-state index in [0.29, 0.717) is 11.0 Å². The van der Waals surface area contributed by atoms with Crippen molar-refractivity contribution in [2.45, 2.75) is 11.1 Å². The van der Waals surface area contributed by atoms with E-state index in [-0.39, 0.29) is 11.8 Å². The zero-order chi connectivity index (χ0) is 12.8. The molecular formula is C12H13N3O2S. The summed E-state index contributed by atoms with van der Waals surface area (Å²) in [6, 6.07) is 9.48. The quantitative estimate of drug-likeness (QED) is 0.370. The molecule has 1 atom stereocenters. The van der Waals surface area contributed by atoms with Crippen molar-refractivity contribution in [3.8, 4) is 0 Å². The summed E-state index contributed by atoms with van der Waals surface area (Å²) in [5, 5.41) is 0.542. The van der Waals surface area contributed by atoms with E-state index in [0.717, 1.165) is 5.56 Å². The van der Waals surface area contributed by atoms with Gasteiger partial charge in [-0.3, -0.25) is 10.2 Å². The van der Waals surface area contributed by atoms with Crippen LogP contribution in [-0.4, -0.2) is 16.6 Å². The van der Waals surface area contributed by atoms with E-state index in [1.54, 1.807) is 6.20 Å². The molecule has 1 aromatic heterocycles. The lowest BCUT2D eigenvalue weighted by Crippen LogP contribution is -2.35. The van der Waals surface area contributed by atoms with Gasteiger partial charge in [0.05, 0.1) is 12.1 Å². The summed E-state index contributed by atoms with van der Waals surface area (Å²) < 4.78 is 5.12. The molecule has 2 rings (SSSR count). The number of hydrazine groups is 1. The number of carbonyl (C=O) groups is 1. The Labute approximate surface area is 109 Å². The van der Waals surface area contributed by atoms with Gasteiger partial charge in [-0.15, -0.1) is 0 Å². The first kappa shape index (κ1) is 12.7. The largest absolute Gasteiger partial charge is 0.440 e. The Hall–Kier alpha value is -1.79. The number of nitrogens with two attached hydrogens (primary N) is 1. The average molecular weight is 263 g/mol. The van der Waals surface area contributed by atoms with Crippen LogP contribution in [0.3, 0.4) is 0 Å². The highest BCUT2D eigenvalue weighted by Crippen LogP contribution is 2.25. The predicted octanol–water partition coefficient (Wildman–Crippen LogP) is 1.54. The summed E-state index contributed by atoms with van der Waals surface area (Å²) in [5.41, 5.74) is 3.11. The highest BCUT2D eigenvalue weighted by molar-refractivity contribution is 7.99. The van der Waals surface area contributed by atoms with E-state index in [1.807, 2.05) is 30.3 Å². The first-order valence-corrected chi connectivity index (χ1v) is 6.37. The summed E-state index contributed by atoms with van der Waals surface area (Å²) in [5.74, 6) is 5.18. The molecule has 3 N–H and O–H groups in total. The SMILES string of the molecule is NNC(=O)C(CSc1ncco1)c1ccccc1. The van der Waals surface area contributed by atoms with Crippen molar-refractivity contribution in [2.75, 3.05) is 5.75 Å². The Morgan fingerprint density at radius 1 is 1.44 bits per heavy atom. The molecule has 0 aliphatic carbocycles. The summed E-state index contributed by atoms with van der Waals surface area (Å²) in [4.78, 5) is 15.8. The number of rotatable bonds is 5. The van der Waals surface area contributed by atoms with Gasteiger partial charge in [-0.1, -0.05) is 42.1 Å². The molecule has 0 fully saturated rings. The fraction of sp³-hybridized carbons (Fsp3) is 0.167. The van der Waals surface area contributed by atoms with Crippen LogP contribution in [0, 0.1) is 0 Å². The van der Waals surface area contributed by atoms with E-state index in [1.165, 1.54) is 18.0 Å². The maximum Gasteiger partial charge on any atom is 0.255 e. The minimum absolute atomic E-state index is 0.222. The number of hydrogen-bond acceptors (Lipinski definition) is 5. The Morgan fingerprint density at radius 2 is 2.22 bits per heavy atom. The van der Waals surface area contributed by atoms with Crippen molar-refractivity contribution in [3.05, 3.63) is 48.4 Å². The molecule has 1 unspecified atom stereocenters. The number of carbonyl (C=O) groups excluding carboxylic acids is 1. The van der Waals surface area contributed by atoms with E-state index >= 15 is 0 Å². The maximum absolute atomic E-state index is 11.8. The standard InChI is InChI=1S/C12H13N3O2S/c13-15-11(16)10(9-4-2-1-3-5-9)8-18-12-14-6-7-17-12/h1-7,10H,8,13H2,(H,15,16). The van der Waals surface area contributed by atoms with Gasteiger partial charge in [-0.25, -0.2) is 10.8 Å². The minimum Gasteiger partial charge on any atom is -0.440 e. The predicted molar refractivity (Wildman–Crippen MR) is 68.7 cm³/mol. The average Bonchev–Trinajstić information content (AvgIpc) is 2.93. The summed E-state index contributed by atoms with van der Waals surface area (Å²) in [6.07, 6.45) is 3.08. The molecule has 0 saturated heterocycles. The zero-order valence-corrected chi connectivity index (χ0v) is 10.4. The number of nitrogens with zero attached hydrogens (tertiary/aromatic N) is 1. The molecule has 0 aliphatic rings. The second-order valence-corrected chi connectivity index (χ2v) is 4.55. The van der Waals surface area contributed by atoms with Gasteiger partial charge in [0, 0.05) is 5.75 Å². The molecule has 6 heteroatoms. The van der Waals surface area contributed by atoms with Crippen molar-refractivity contribution in [1.29, 1.82) is 0 Å². The van der Waals surface area contributed by atoms with Crippen LogP contribution >= 0.6 is 11.8 Å². The third-order valence-corrected chi connectivity index (χ3v) is 3.39. The van der Waals surface area contributed by atoms with E-state index in [9.17, 15) is 4.79 Å². The van der Waals surface area contributed by atoms with Crippen molar-refractivity contribution < 1.29 is 9.21 Å². The first-order valence-electron chi connectivity index (χ1n) is 5.39. The maximum atomic E-state index is 11.8. The van der Waals surface area contributed by atoms with Gasteiger partial charge in [-0.2, -0.15) is 0 Å². The number of thioether (sulfide) groups is 1. The molecule has 1 amide bonds. The lowest BCUT2D eigenvalue weighted by atomic mass is 10.0. The lowest BCUT2D eigenvalue weighted by Gasteiger charge is -2.14. The third kappa shape index (κ3) is 3.12. The monoisotopic (exact) mass is 263 g/mol. The molecule has 0 spiro atoms. The van der Waals surface area contributed by atoms with E-state index < -0.39 is 0 Å². The van der Waals surface area contributed by atoms with Gasteiger partial charge in [0.15, 0.2) is 0 Å². The Bertz CT molecular complexity index is 487. The minimum atomic E-state index is -0.326. The first-order chi connectivity index (χ1) is 8.81. The second kappa shape index (κ2) is 6.23. The van der Waals surface area contributed by atoms with Gasteiger partial charge in [0.25, 0.3) is 5.22 Å². The number of hydrogen-bond donors (Lipinski definition) is 2. The number of oxazole rings is 1. The van der Waals surface area contributed by atoms with Crippen LogP contribution < -0.4 is 11.3 Å². The smallest absolute Gasteiger partial charge is 0.255 e. The van der Waals surface area contributed by atoms with Gasteiger partial charge >= 0.3 is 0 Å². The highest BCUT2D eigenvalue weighted by atomic mass is 32.2. The molecule has 1 heterocycles. The van der Waals surface area contributed by atoms with Crippen LogP contribution in [0.5, 0.6) is 0 Å². The molecule has 0 bridgehead atoms. The van der Waals surface area contributed by atoms with Crippen molar-refractivity contribution in [2.24, 2.45) is 5.84 Å². The highest BCUT2D eigenvalue weighted by Gasteiger charge is 2.20. The van der Waals surface area contributed by atoms with Crippen LogP contribution in [-0.2, 0) is 4.79 Å². The van der Waals surface area contributed by atoms with E-state index in [4.69, 9.17) is 10.3 Å². The molecule has 1 aromatic carbocycles. The second-order valence-electron chi connectivity index (χ2n) is 3.58. The van der Waals surface area contributed by atoms with Crippen molar-refractivity contribution in [3.63, 3.8) is 0 Å². The Kier molecular flexibility index (Phi) is 4.38. The fourth-order valence-corrected chi connectivity index (χ4v) is 2.46. The fourth-order valence-electron chi connectivity index (χ4n) is 1.55. The van der Waals surface area contributed by atoms with Crippen molar-refractivity contribution >= 4 is 17.7 Å². The van der Waals surface area contributed by atoms with Gasteiger partial charge < -0.3 is 4.42 Å². The number of nitrogens with one attached hydrogen (secondary N) is 1. The topological polar surface area (TPSA) is 81.1 Å². The Morgan fingerprint density at radius 3 is 2.83 bits per heavy atom. The molecule has 0 radical (unpaired) electrons. The molecule has 18 heavy (non-hydrogen) atoms. The van der Waals surface area contributed by atoms with Gasteiger partial charge in [0.2, 0.25) is 5.91 Å². The number of benzene rings is 1. The number of amides is 1. The van der Waals surface area contributed by atoms with Crippen LogP contribution in [0.15, 0.2) is 52.4 Å². The molecule has 5 nitrogen and oxygen atoms in total. The van der Waals surface area contributed by atoms with Crippen LogP contribution in [0.2, 0.25) is 0 Å². The molecular weight excluding hydrogens is 250 g/mol. The summed E-state index contributed by atoms with van der Waals surface area (Å²) in [7, 11) is 0. The number of aromatic nitrogens is 1.